The lowest BCUT2D eigenvalue weighted by Gasteiger charge is -2.37. The second kappa shape index (κ2) is 7.11. The molecule has 1 fully saturated rings. The van der Waals surface area contributed by atoms with Crippen LogP contribution >= 0.6 is 0 Å². The Morgan fingerprint density at radius 3 is 2.50 bits per heavy atom. The Hall–Kier alpha value is -0.590. The lowest BCUT2D eigenvalue weighted by Crippen LogP contribution is -2.48. The van der Waals surface area contributed by atoms with Gasteiger partial charge in [0, 0.05) is 12.6 Å². The van der Waals surface area contributed by atoms with Gasteiger partial charge in [-0.2, -0.15) is 5.26 Å². The molecule has 0 amide bonds. The first kappa shape index (κ1) is 15.5. The lowest BCUT2D eigenvalue weighted by atomic mass is 9.84. The van der Waals surface area contributed by atoms with Crippen LogP contribution in [0.1, 0.15) is 53.4 Å². The van der Waals surface area contributed by atoms with E-state index in [1.54, 1.807) is 0 Å². The quantitative estimate of drug-likeness (QED) is 0.721. The molecule has 0 radical (unpaired) electrons. The van der Waals surface area contributed by atoms with Crippen molar-refractivity contribution in [2.24, 2.45) is 5.92 Å². The van der Waals surface area contributed by atoms with E-state index in [0.29, 0.717) is 6.04 Å². The molecule has 0 aromatic carbocycles. The van der Waals surface area contributed by atoms with E-state index >= 15 is 0 Å². The second-order valence-corrected chi connectivity index (χ2v) is 5.91. The third kappa shape index (κ3) is 4.26. The van der Waals surface area contributed by atoms with Crippen LogP contribution in [0.3, 0.4) is 0 Å². The predicted octanol–water partition coefficient (Wildman–Crippen LogP) is 2.78. The van der Waals surface area contributed by atoms with Gasteiger partial charge in [0.2, 0.25) is 0 Å². The van der Waals surface area contributed by atoms with E-state index in [1.807, 2.05) is 6.92 Å². The summed E-state index contributed by atoms with van der Waals surface area (Å²) in [7, 11) is 0. The van der Waals surface area contributed by atoms with Gasteiger partial charge in [-0.15, -0.1) is 0 Å². The van der Waals surface area contributed by atoms with Crippen molar-refractivity contribution in [3.05, 3.63) is 0 Å². The minimum absolute atomic E-state index is 0.388. The number of rotatable bonds is 8. The highest BCUT2D eigenvalue weighted by Gasteiger charge is 2.29. The summed E-state index contributed by atoms with van der Waals surface area (Å²) in [6.45, 7) is 11.7. The molecule has 0 saturated heterocycles. The first-order chi connectivity index (χ1) is 8.54. The molecule has 1 N–H and O–H groups in total. The van der Waals surface area contributed by atoms with Gasteiger partial charge in [-0.25, -0.2) is 0 Å². The Kier molecular flexibility index (Phi) is 6.11. The summed E-state index contributed by atoms with van der Waals surface area (Å²) in [4.78, 5) is 2.54. The van der Waals surface area contributed by atoms with Crippen LogP contribution in [0.4, 0.5) is 0 Å². The van der Waals surface area contributed by atoms with Crippen LogP contribution in [0.25, 0.3) is 0 Å². The van der Waals surface area contributed by atoms with Crippen LogP contribution in [0.15, 0.2) is 0 Å². The zero-order valence-electron chi connectivity index (χ0n) is 12.5. The molecule has 0 bridgehead atoms. The maximum absolute atomic E-state index is 9.33. The van der Waals surface area contributed by atoms with Crippen molar-refractivity contribution in [1.82, 2.24) is 10.2 Å². The van der Waals surface area contributed by atoms with Crippen LogP contribution in [0.5, 0.6) is 0 Å². The predicted molar refractivity (Wildman–Crippen MR) is 76.4 cm³/mol. The van der Waals surface area contributed by atoms with Crippen molar-refractivity contribution in [1.29, 1.82) is 5.26 Å². The summed E-state index contributed by atoms with van der Waals surface area (Å²) >= 11 is 0. The SMILES string of the molecule is CCNC(C)(C#N)CC(C)N(CC)CC1CCC1. The number of hydrogen-bond donors (Lipinski definition) is 1. The molecule has 2 atom stereocenters. The highest BCUT2D eigenvalue weighted by atomic mass is 15.2. The van der Waals surface area contributed by atoms with Crippen LogP contribution in [-0.4, -0.2) is 36.1 Å². The van der Waals surface area contributed by atoms with Gasteiger partial charge in [-0.05, 0) is 52.1 Å². The van der Waals surface area contributed by atoms with Gasteiger partial charge in [-0.1, -0.05) is 20.3 Å². The molecule has 3 heteroatoms. The molecule has 1 rings (SSSR count). The van der Waals surface area contributed by atoms with Crippen LogP contribution in [-0.2, 0) is 0 Å². The van der Waals surface area contributed by atoms with Crippen molar-refractivity contribution < 1.29 is 0 Å². The summed E-state index contributed by atoms with van der Waals surface area (Å²) < 4.78 is 0. The standard InChI is InChI=1S/C15H29N3/c1-5-17-15(4,12-16)10-13(3)18(6-2)11-14-8-7-9-14/h13-14,17H,5-11H2,1-4H3. The number of hydrogen-bond acceptors (Lipinski definition) is 3. The smallest absolute Gasteiger partial charge is 0.105 e. The number of nitrogens with one attached hydrogen (secondary N) is 1. The Morgan fingerprint density at radius 2 is 2.11 bits per heavy atom. The Morgan fingerprint density at radius 1 is 1.44 bits per heavy atom. The third-order valence-electron chi connectivity index (χ3n) is 4.26. The van der Waals surface area contributed by atoms with E-state index in [1.165, 1.54) is 25.8 Å². The molecule has 0 heterocycles. The van der Waals surface area contributed by atoms with Crippen molar-refractivity contribution >= 4 is 0 Å². The normalized spacial score (nSPS) is 21.1. The molecule has 1 aliphatic carbocycles. The van der Waals surface area contributed by atoms with Gasteiger partial charge in [0.1, 0.15) is 5.54 Å². The zero-order chi connectivity index (χ0) is 13.6. The topological polar surface area (TPSA) is 39.1 Å². The van der Waals surface area contributed by atoms with E-state index in [0.717, 1.165) is 25.4 Å². The van der Waals surface area contributed by atoms with E-state index < -0.39 is 0 Å². The average molecular weight is 251 g/mol. The number of nitrogens with zero attached hydrogens (tertiary/aromatic N) is 2. The van der Waals surface area contributed by atoms with Crippen LogP contribution < -0.4 is 5.32 Å². The van der Waals surface area contributed by atoms with E-state index in [9.17, 15) is 5.26 Å². The fourth-order valence-corrected chi connectivity index (χ4v) is 2.90. The molecule has 0 aliphatic heterocycles. The Balaban J connectivity index is 2.49. The zero-order valence-corrected chi connectivity index (χ0v) is 12.5. The first-order valence-electron chi connectivity index (χ1n) is 7.45. The maximum atomic E-state index is 9.33. The van der Waals surface area contributed by atoms with E-state index in [4.69, 9.17) is 0 Å². The van der Waals surface area contributed by atoms with Gasteiger partial charge in [0.15, 0.2) is 0 Å². The average Bonchev–Trinajstić information content (AvgIpc) is 2.28. The summed E-state index contributed by atoms with van der Waals surface area (Å²) in [5.74, 6) is 0.903. The van der Waals surface area contributed by atoms with Gasteiger partial charge >= 0.3 is 0 Å². The fraction of sp³-hybridized carbons (Fsp3) is 0.933. The molecule has 1 saturated carbocycles. The van der Waals surface area contributed by atoms with Crippen molar-refractivity contribution in [2.75, 3.05) is 19.6 Å². The summed E-state index contributed by atoms with van der Waals surface area (Å²) in [5, 5.41) is 12.6. The van der Waals surface area contributed by atoms with Gasteiger partial charge in [0.25, 0.3) is 0 Å². The highest BCUT2D eigenvalue weighted by molar-refractivity contribution is 5.05. The summed E-state index contributed by atoms with van der Waals surface area (Å²) in [6, 6.07) is 2.90. The van der Waals surface area contributed by atoms with Gasteiger partial charge in [-0.3, -0.25) is 5.32 Å². The third-order valence-corrected chi connectivity index (χ3v) is 4.26. The lowest BCUT2D eigenvalue weighted by molar-refractivity contribution is 0.129. The van der Waals surface area contributed by atoms with Crippen LogP contribution in [0.2, 0.25) is 0 Å². The van der Waals surface area contributed by atoms with E-state index in [-0.39, 0.29) is 5.54 Å². The van der Waals surface area contributed by atoms with Crippen LogP contribution in [0, 0.1) is 17.2 Å². The maximum Gasteiger partial charge on any atom is 0.105 e. The van der Waals surface area contributed by atoms with Crippen molar-refractivity contribution in [3.8, 4) is 6.07 Å². The molecule has 0 spiro atoms. The monoisotopic (exact) mass is 251 g/mol. The van der Waals surface area contributed by atoms with Gasteiger partial charge in [0.05, 0.1) is 6.07 Å². The number of nitriles is 1. The van der Waals surface area contributed by atoms with Gasteiger partial charge < -0.3 is 4.90 Å². The molecular formula is C15H29N3. The van der Waals surface area contributed by atoms with E-state index in [2.05, 4.69) is 37.1 Å². The highest BCUT2D eigenvalue weighted by Crippen LogP contribution is 2.28. The Labute approximate surface area is 113 Å². The molecule has 3 nitrogen and oxygen atoms in total. The molecule has 1 aliphatic rings. The summed E-state index contributed by atoms with van der Waals surface area (Å²) in [6.07, 6.45) is 5.10. The molecule has 0 aromatic rings. The Bertz CT molecular complexity index is 280. The second-order valence-electron chi connectivity index (χ2n) is 5.91. The van der Waals surface area contributed by atoms with Crippen molar-refractivity contribution in [3.63, 3.8) is 0 Å². The fourth-order valence-electron chi connectivity index (χ4n) is 2.90. The molecule has 104 valence electrons. The molecule has 2 unspecified atom stereocenters. The minimum Gasteiger partial charge on any atom is -0.301 e. The molecular weight excluding hydrogens is 222 g/mol. The van der Waals surface area contributed by atoms with Crippen molar-refractivity contribution in [2.45, 2.75) is 65.0 Å². The largest absolute Gasteiger partial charge is 0.301 e. The first-order valence-corrected chi connectivity index (χ1v) is 7.45. The molecule has 0 aromatic heterocycles. The molecule has 18 heavy (non-hydrogen) atoms. The summed E-state index contributed by atoms with van der Waals surface area (Å²) in [5.41, 5.74) is -0.388. The minimum atomic E-state index is -0.388.